The molecule has 0 radical (unpaired) electrons. The third-order valence-corrected chi connectivity index (χ3v) is 6.43. The second-order valence-electron chi connectivity index (χ2n) is 8.42. The van der Waals surface area contributed by atoms with E-state index in [9.17, 15) is 4.79 Å². The molecule has 0 aliphatic heterocycles. The summed E-state index contributed by atoms with van der Waals surface area (Å²) in [4.78, 5) is 12.6. The maximum atomic E-state index is 12.6. The van der Waals surface area contributed by atoms with E-state index in [2.05, 4.69) is 24.4 Å². The van der Waals surface area contributed by atoms with Crippen LogP contribution in [0, 0.1) is 37.0 Å². The molecule has 22 heavy (non-hydrogen) atoms. The van der Waals surface area contributed by atoms with E-state index in [1.807, 2.05) is 13.0 Å². The molecule has 118 valence electrons. The number of hydrogen-bond acceptors (Lipinski definition) is 1. The molecule has 1 aromatic rings. The van der Waals surface area contributed by atoms with Crippen LogP contribution in [0.25, 0.3) is 0 Å². The minimum Gasteiger partial charge on any atom is -0.351 e. The van der Waals surface area contributed by atoms with Gasteiger partial charge < -0.3 is 5.32 Å². The first-order chi connectivity index (χ1) is 10.5. The standard InChI is InChI=1S/C20H27NO/c1-13-3-4-14(2)18(5-13)19(22)21-12-20-9-15-6-16(10-20)8-17(7-15)11-20/h3-5,15-17H,6-12H2,1-2H3,(H,21,22). The van der Waals surface area contributed by atoms with E-state index in [1.54, 1.807) is 0 Å². The van der Waals surface area contributed by atoms with Crippen molar-refractivity contribution in [3.05, 3.63) is 34.9 Å². The molecule has 4 fully saturated rings. The van der Waals surface area contributed by atoms with Crippen LogP contribution in [0.15, 0.2) is 18.2 Å². The van der Waals surface area contributed by atoms with Gasteiger partial charge in [0, 0.05) is 12.1 Å². The normalized spacial score (nSPS) is 35.6. The Kier molecular flexibility index (Phi) is 3.32. The summed E-state index contributed by atoms with van der Waals surface area (Å²) in [5, 5.41) is 3.29. The third-order valence-electron chi connectivity index (χ3n) is 6.43. The van der Waals surface area contributed by atoms with Gasteiger partial charge >= 0.3 is 0 Å². The predicted octanol–water partition coefficient (Wildman–Crippen LogP) is 4.25. The van der Waals surface area contributed by atoms with Crippen LogP contribution in [-0.2, 0) is 0 Å². The Labute approximate surface area is 133 Å². The van der Waals surface area contributed by atoms with Gasteiger partial charge in [0.1, 0.15) is 0 Å². The molecule has 0 aromatic heterocycles. The molecular weight excluding hydrogens is 270 g/mol. The van der Waals surface area contributed by atoms with Crippen LogP contribution in [-0.4, -0.2) is 12.5 Å². The highest BCUT2D eigenvalue weighted by Gasteiger charge is 2.50. The first-order valence-corrected chi connectivity index (χ1v) is 8.88. The molecule has 2 nitrogen and oxygen atoms in total. The third kappa shape index (κ3) is 2.47. The van der Waals surface area contributed by atoms with Gasteiger partial charge in [0.05, 0.1) is 0 Å². The topological polar surface area (TPSA) is 29.1 Å². The summed E-state index contributed by atoms with van der Waals surface area (Å²) in [6, 6.07) is 6.14. The average Bonchev–Trinajstić information content (AvgIpc) is 2.46. The molecule has 0 saturated heterocycles. The van der Waals surface area contributed by atoms with E-state index >= 15 is 0 Å². The second kappa shape index (κ2) is 5.11. The van der Waals surface area contributed by atoms with E-state index in [-0.39, 0.29) is 5.91 Å². The van der Waals surface area contributed by atoms with Gasteiger partial charge in [-0.25, -0.2) is 0 Å². The predicted molar refractivity (Wildman–Crippen MR) is 88.9 cm³/mol. The Hall–Kier alpha value is -1.31. The molecular formula is C20H27NO. The highest BCUT2D eigenvalue weighted by Crippen LogP contribution is 2.59. The van der Waals surface area contributed by atoms with Gasteiger partial charge in [-0.3, -0.25) is 4.79 Å². The summed E-state index contributed by atoms with van der Waals surface area (Å²) in [6.45, 7) is 4.97. The number of carbonyl (C=O) groups is 1. The summed E-state index contributed by atoms with van der Waals surface area (Å²) in [6.07, 6.45) is 8.45. The number of carbonyl (C=O) groups excluding carboxylic acids is 1. The summed E-state index contributed by atoms with van der Waals surface area (Å²) in [7, 11) is 0. The van der Waals surface area contributed by atoms with Crippen molar-refractivity contribution in [1.29, 1.82) is 0 Å². The monoisotopic (exact) mass is 297 g/mol. The molecule has 4 bridgehead atoms. The van der Waals surface area contributed by atoms with E-state index in [0.29, 0.717) is 5.41 Å². The van der Waals surface area contributed by atoms with Crippen molar-refractivity contribution in [3.63, 3.8) is 0 Å². The Bertz CT molecular complexity index is 568. The van der Waals surface area contributed by atoms with Gasteiger partial charge in [0.25, 0.3) is 5.91 Å². The van der Waals surface area contributed by atoms with Crippen molar-refractivity contribution in [3.8, 4) is 0 Å². The van der Waals surface area contributed by atoms with Gasteiger partial charge in [0.2, 0.25) is 0 Å². The lowest BCUT2D eigenvalue weighted by Crippen LogP contribution is -2.51. The fourth-order valence-electron chi connectivity index (χ4n) is 5.85. The second-order valence-corrected chi connectivity index (χ2v) is 8.42. The van der Waals surface area contributed by atoms with Crippen LogP contribution in [0.2, 0.25) is 0 Å². The molecule has 1 amide bonds. The smallest absolute Gasteiger partial charge is 0.251 e. The highest BCUT2D eigenvalue weighted by atomic mass is 16.1. The Morgan fingerprint density at radius 2 is 1.68 bits per heavy atom. The van der Waals surface area contributed by atoms with Gasteiger partial charge in [-0.1, -0.05) is 17.7 Å². The zero-order chi connectivity index (χ0) is 15.3. The van der Waals surface area contributed by atoms with Crippen molar-refractivity contribution < 1.29 is 4.79 Å². The number of rotatable bonds is 3. The fourth-order valence-corrected chi connectivity index (χ4v) is 5.85. The van der Waals surface area contributed by atoms with Gasteiger partial charge in [-0.05, 0) is 87.2 Å². The zero-order valence-electron chi connectivity index (χ0n) is 13.8. The minimum atomic E-state index is 0.122. The first-order valence-electron chi connectivity index (χ1n) is 8.88. The quantitative estimate of drug-likeness (QED) is 0.888. The van der Waals surface area contributed by atoms with Gasteiger partial charge in [0.15, 0.2) is 0 Å². The summed E-state index contributed by atoms with van der Waals surface area (Å²) >= 11 is 0. The molecule has 0 heterocycles. The summed E-state index contributed by atoms with van der Waals surface area (Å²) < 4.78 is 0. The lowest BCUT2D eigenvalue weighted by Gasteiger charge is -2.56. The van der Waals surface area contributed by atoms with Crippen molar-refractivity contribution in [2.45, 2.75) is 52.4 Å². The Balaban J connectivity index is 1.46. The van der Waals surface area contributed by atoms with Crippen molar-refractivity contribution in [1.82, 2.24) is 5.32 Å². The van der Waals surface area contributed by atoms with Crippen LogP contribution in [0.1, 0.15) is 60.0 Å². The van der Waals surface area contributed by atoms with E-state index in [4.69, 9.17) is 0 Å². The SMILES string of the molecule is Cc1ccc(C)c(C(=O)NCC23CC4CC(CC(C4)C2)C3)c1. The maximum absolute atomic E-state index is 12.6. The van der Waals surface area contributed by atoms with E-state index < -0.39 is 0 Å². The van der Waals surface area contributed by atoms with Crippen LogP contribution in [0.5, 0.6) is 0 Å². The summed E-state index contributed by atoms with van der Waals surface area (Å²) in [5.41, 5.74) is 3.51. The largest absolute Gasteiger partial charge is 0.351 e. The zero-order valence-corrected chi connectivity index (χ0v) is 13.8. The molecule has 0 unspecified atom stereocenters. The number of aryl methyl sites for hydroxylation is 2. The van der Waals surface area contributed by atoms with Crippen LogP contribution < -0.4 is 5.32 Å². The lowest BCUT2D eigenvalue weighted by molar-refractivity contribution is -0.0503. The number of amides is 1. The molecule has 2 heteroatoms. The lowest BCUT2D eigenvalue weighted by atomic mass is 9.49. The maximum Gasteiger partial charge on any atom is 0.251 e. The van der Waals surface area contributed by atoms with Crippen LogP contribution in [0.4, 0.5) is 0 Å². The average molecular weight is 297 g/mol. The fraction of sp³-hybridized carbons (Fsp3) is 0.650. The van der Waals surface area contributed by atoms with E-state index in [0.717, 1.165) is 41.0 Å². The van der Waals surface area contributed by atoms with Gasteiger partial charge in [-0.15, -0.1) is 0 Å². The Morgan fingerprint density at radius 1 is 1.09 bits per heavy atom. The van der Waals surface area contributed by atoms with E-state index in [1.165, 1.54) is 38.5 Å². The van der Waals surface area contributed by atoms with Gasteiger partial charge in [-0.2, -0.15) is 0 Å². The minimum absolute atomic E-state index is 0.122. The number of hydrogen-bond donors (Lipinski definition) is 1. The number of benzene rings is 1. The Morgan fingerprint density at radius 3 is 2.27 bits per heavy atom. The van der Waals surface area contributed by atoms with Crippen molar-refractivity contribution in [2.75, 3.05) is 6.54 Å². The first kappa shape index (κ1) is 14.3. The highest BCUT2D eigenvalue weighted by molar-refractivity contribution is 5.95. The van der Waals surface area contributed by atoms with Crippen LogP contribution in [0.3, 0.4) is 0 Å². The molecule has 5 rings (SSSR count). The van der Waals surface area contributed by atoms with Crippen LogP contribution >= 0.6 is 0 Å². The molecule has 0 spiro atoms. The summed E-state index contributed by atoms with van der Waals surface area (Å²) in [5.74, 6) is 2.97. The van der Waals surface area contributed by atoms with Crippen molar-refractivity contribution in [2.24, 2.45) is 23.2 Å². The molecule has 0 atom stereocenters. The molecule has 1 N–H and O–H groups in total. The molecule has 4 saturated carbocycles. The molecule has 4 aliphatic carbocycles. The molecule has 1 aromatic carbocycles. The molecule has 4 aliphatic rings. The number of nitrogens with one attached hydrogen (secondary N) is 1. The van der Waals surface area contributed by atoms with Crippen molar-refractivity contribution >= 4 is 5.91 Å².